The van der Waals surface area contributed by atoms with E-state index in [9.17, 15) is 4.79 Å². The molecule has 2 aromatic heterocycles. The Morgan fingerprint density at radius 1 is 1.11 bits per heavy atom. The largest absolute Gasteiger partial charge is 0.481 e. The number of pyridine rings is 1. The molecule has 2 aromatic rings. The molecule has 0 spiro atoms. The van der Waals surface area contributed by atoms with Crippen LogP contribution >= 0.6 is 0 Å². The van der Waals surface area contributed by atoms with Crippen LogP contribution < -0.4 is 9.47 Å². The predicted molar refractivity (Wildman–Crippen MR) is 96.6 cm³/mol. The van der Waals surface area contributed by atoms with Crippen molar-refractivity contribution in [2.24, 2.45) is 0 Å². The number of hydrogen-bond donors (Lipinski definition) is 0. The third-order valence-electron chi connectivity index (χ3n) is 5.45. The van der Waals surface area contributed by atoms with E-state index in [0.717, 1.165) is 12.8 Å². The lowest BCUT2D eigenvalue weighted by atomic mass is 9.94. The molecule has 1 aliphatic carbocycles. The molecule has 3 heterocycles. The summed E-state index contributed by atoms with van der Waals surface area (Å²) in [5, 5.41) is 4.13. The van der Waals surface area contributed by atoms with Crippen molar-refractivity contribution in [3.63, 3.8) is 0 Å². The second-order valence-corrected chi connectivity index (χ2v) is 7.11. The van der Waals surface area contributed by atoms with Crippen molar-refractivity contribution in [3.05, 3.63) is 18.0 Å². The van der Waals surface area contributed by atoms with E-state index in [1.165, 1.54) is 26.4 Å². The molecule has 8 nitrogen and oxygen atoms in total. The van der Waals surface area contributed by atoms with E-state index in [1.54, 1.807) is 19.2 Å². The SMILES string of the molecule is COc1ccc(-c2nc(C3CC(=O)N(C4CCCCC4)C3)no2)c(OC)n1. The fourth-order valence-electron chi connectivity index (χ4n) is 4.02. The van der Waals surface area contributed by atoms with Crippen molar-refractivity contribution in [2.45, 2.75) is 50.5 Å². The molecular formula is C19H24N4O4. The topological polar surface area (TPSA) is 90.6 Å². The lowest BCUT2D eigenvalue weighted by Gasteiger charge is -2.31. The Hall–Kier alpha value is -2.64. The summed E-state index contributed by atoms with van der Waals surface area (Å²) >= 11 is 0. The van der Waals surface area contributed by atoms with Gasteiger partial charge in [-0.25, -0.2) is 0 Å². The Kier molecular flexibility index (Phi) is 4.96. The molecule has 0 aromatic carbocycles. The predicted octanol–water partition coefficient (Wildman–Crippen LogP) is 2.80. The molecule has 1 amide bonds. The molecule has 1 unspecified atom stereocenters. The van der Waals surface area contributed by atoms with Crippen molar-refractivity contribution >= 4 is 5.91 Å². The fraction of sp³-hybridized carbons (Fsp3) is 0.579. The smallest absolute Gasteiger partial charge is 0.263 e. The van der Waals surface area contributed by atoms with Crippen molar-refractivity contribution in [2.75, 3.05) is 20.8 Å². The van der Waals surface area contributed by atoms with Gasteiger partial charge < -0.3 is 18.9 Å². The number of nitrogens with zero attached hydrogens (tertiary/aromatic N) is 4. The maximum atomic E-state index is 12.5. The maximum absolute atomic E-state index is 12.5. The van der Waals surface area contributed by atoms with Crippen LogP contribution in [0.15, 0.2) is 16.7 Å². The Morgan fingerprint density at radius 3 is 2.67 bits per heavy atom. The van der Waals surface area contributed by atoms with E-state index in [1.807, 2.05) is 4.90 Å². The van der Waals surface area contributed by atoms with Crippen molar-refractivity contribution in [3.8, 4) is 23.2 Å². The van der Waals surface area contributed by atoms with Gasteiger partial charge in [0.2, 0.25) is 17.7 Å². The molecule has 1 saturated heterocycles. The third-order valence-corrected chi connectivity index (χ3v) is 5.45. The van der Waals surface area contributed by atoms with Gasteiger partial charge in [-0.05, 0) is 18.9 Å². The zero-order valence-electron chi connectivity index (χ0n) is 15.7. The first kappa shape index (κ1) is 17.8. The number of carbonyl (C=O) groups is 1. The number of likely N-dealkylation sites (tertiary alicyclic amines) is 1. The van der Waals surface area contributed by atoms with Crippen LogP contribution in [0.2, 0.25) is 0 Å². The van der Waals surface area contributed by atoms with Crippen molar-refractivity contribution in [1.29, 1.82) is 0 Å². The minimum atomic E-state index is -0.0332. The fourth-order valence-corrected chi connectivity index (χ4v) is 4.02. The van der Waals surface area contributed by atoms with Crippen LogP contribution in [-0.4, -0.2) is 52.7 Å². The van der Waals surface area contributed by atoms with Gasteiger partial charge in [0, 0.05) is 31.0 Å². The highest BCUT2D eigenvalue weighted by molar-refractivity contribution is 5.80. The molecule has 27 heavy (non-hydrogen) atoms. The van der Waals surface area contributed by atoms with Gasteiger partial charge in [0.1, 0.15) is 5.56 Å². The number of ether oxygens (including phenoxy) is 2. The summed E-state index contributed by atoms with van der Waals surface area (Å²) in [6.07, 6.45) is 6.32. The summed E-state index contributed by atoms with van der Waals surface area (Å²) in [4.78, 5) is 23.3. The Morgan fingerprint density at radius 2 is 1.93 bits per heavy atom. The van der Waals surface area contributed by atoms with Gasteiger partial charge in [0.25, 0.3) is 5.89 Å². The first-order valence-corrected chi connectivity index (χ1v) is 9.42. The highest BCUT2D eigenvalue weighted by Crippen LogP contribution is 2.34. The summed E-state index contributed by atoms with van der Waals surface area (Å²) in [7, 11) is 3.07. The molecule has 2 aliphatic rings. The number of carbonyl (C=O) groups excluding carboxylic acids is 1. The minimum absolute atomic E-state index is 0.0332. The molecule has 144 valence electrons. The van der Waals surface area contributed by atoms with Gasteiger partial charge in [-0.1, -0.05) is 24.4 Å². The van der Waals surface area contributed by atoms with E-state index < -0.39 is 0 Å². The van der Waals surface area contributed by atoms with Crippen molar-refractivity contribution < 1.29 is 18.8 Å². The highest BCUT2D eigenvalue weighted by Gasteiger charge is 2.37. The Balaban J connectivity index is 1.52. The van der Waals surface area contributed by atoms with Crippen LogP contribution in [0, 0.1) is 0 Å². The molecule has 4 rings (SSSR count). The average molecular weight is 372 g/mol. The number of rotatable bonds is 5. The van der Waals surface area contributed by atoms with Gasteiger partial charge >= 0.3 is 0 Å². The minimum Gasteiger partial charge on any atom is -0.481 e. The van der Waals surface area contributed by atoms with E-state index in [2.05, 4.69) is 15.1 Å². The second kappa shape index (κ2) is 7.54. The lowest BCUT2D eigenvalue weighted by molar-refractivity contribution is -0.130. The first-order valence-electron chi connectivity index (χ1n) is 9.42. The summed E-state index contributed by atoms with van der Waals surface area (Å²) < 4.78 is 15.9. The Labute approximate surface area is 157 Å². The third kappa shape index (κ3) is 3.48. The number of methoxy groups -OCH3 is 2. The molecule has 0 N–H and O–H groups in total. The summed E-state index contributed by atoms with van der Waals surface area (Å²) in [6, 6.07) is 3.86. The molecular weight excluding hydrogens is 348 g/mol. The van der Waals surface area contributed by atoms with Gasteiger partial charge in [0.05, 0.1) is 14.2 Å². The quantitative estimate of drug-likeness (QED) is 0.797. The molecule has 8 heteroatoms. The second-order valence-electron chi connectivity index (χ2n) is 7.11. The van der Waals surface area contributed by atoms with Crippen LogP contribution in [0.25, 0.3) is 11.5 Å². The van der Waals surface area contributed by atoms with Crippen molar-refractivity contribution in [1.82, 2.24) is 20.0 Å². The summed E-state index contributed by atoms with van der Waals surface area (Å²) in [6.45, 7) is 0.667. The van der Waals surface area contributed by atoms with Crippen LogP contribution in [-0.2, 0) is 4.79 Å². The van der Waals surface area contributed by atoms with E-state index in [0.29, 0.717) is 48.0 Å². The van der Waals surface area contributed by atoms with Crippen LogP contribution in [0.5, 0.6) is 11.8 Å². The zero-order chi connectivity index (χ0) is 18.8. The van der Waals surface area contributed by atoms with E-state index in [4.69, 9.17) is 14.0 Å². The lowest BCUT2D eigenvalue weighted by Crippen LogP contribution is -2.37. The zero-order valence-corrected chi connectivity index (χ0v) is 15.7. The van der Waals surface area contributed by atoms with Gasteiger partial charge in [-0.3, -0.25) is 4.79 Å². The number of amides is 1. The summed E-state index contributed by atoms with van der Waals surface area (Å²) in [5.74, 6) is 1.86. The Bertz CT molecular complexity index is 816. The molecule has 0 radical (unpaired) electrons. The van der Waals surface area contributed by atoms with Crippen LogP contribution in [0.3, 0.4) is 0 Å². The molecule has 2 fully saturated rings. The molecule has 1 saturated carbocycles. The number of aromatic nitrogens is 3. The van der Waals surface area contributed by atoms with Gasteiger partial charge in [-0.15, -0.1) is 0 Å². The summed E-state index contributed by atoms with van der Waals surface area (Å²) in [5.41, 5.74) is 0.602. The van der Waals surface area contributed by atoms with Crippen LogP contribution in [0.4, 0.5) is 0 Å². The molecule has 0 bridgehead atoms. The first-order chi connectivity index (χ1) is 13.2. The molecule has 1 aliphatic heterocycles. The normalized spacial score (nSPS) is 20.9. The van der Waals surface area contributed by atoms with Gasteiger partial charge in [-0.2, -0.15) is 9.97 Å². The highest BCUT2D eigenvalue weighted by atomic mass is 16.5. The molecule has 1 atom stereocenters. The average Bonchev–Trinajstić information content (AvgIpc) is 3.35. The standard InChI is InChI=1S/C19H24N4O4/c1-25-15-9-8-14(18(20-15)26-2)19-21-17(22-27-19)12-10-16(24)23(11-12)13-6-4-3-5-7-13/h8-9,12-13H,3-7,10-11H2,1-2H3. The van der Waals surface area contributed by atoms with Crippen LogP contribution in [0.1, 0.15) is 50.3 Å². The maximum Gasteiger partial charge on any atom is 0.263 e. The van der Waals surface area contributed by atoms with E-state index in [-0.39, 0.29) is 11.8 Å². The van der Waals surface area contributed by atoms with Gasteiger partial charge in [0.15, 0.2) is 5.82 Å². The number of hydrogen-bond acceptors (Lipinski definition) is 7. The van der Waals surface area contributed by atoms with E-state index >= 15 is 0 Å². The monoisotopic (exact) mass is 372 g/mol.